The van der Waals surface area contributed by atoms with Crippen LogP contribution < -0.4 is 5.32 Å². The Balaban J connectivity index is 1.13. The molecule has 2 fully saturated rings. The first-order chi connectivity index (χ1) is 15.7. The zero-order valence-corrected chi connectivity index (χ0v) is 18.4. The highest BCUT2D eigenvalue weighted by Crippen LogP contribution is 2.32. The van der Waals surface area contributed by atoms with Crippen molar-refractivity contribution in [3.8, 4) is 0 Å². The van der Waals surface area contributed by atoms with Crippen LogP contribution in [0.3, 0.4) is 0 Å². The Kier molecular flexibility index (Phi) is 5.93. The third kappa shape index (κ3) is 4.40. The SMILES string of the molecule is O=C(NCc1ccn2ccnc2c1)c1ccc(C2CCN(C(=O)C3CCCC3)CC2)cc1. The fraction of sp³-hybridized carbons (Fsp3) is 0.423. The molecule has 1 saturated heterocycles. The van der Waals surface area contributed by atoms with Gasteiger partial charge in [-0.25, -0.2) is 4.98 Å². The highest BCUT2D eigenvalue weighted by molar-refractivity contribution is 5.94. The van der Waals surface area contributed by atoms with E-state index >= 15 is 0 Å². The molecule has 1 aliphatic heterocycles. The van der Waals surface area contributed by atoms with E-state index in [4.69, 9.17) is 0 Å². The lowest BCUT2D eigenvalue weighted by molar-refractivity contribution is -0.136. The number of imidazole rings is 1. The molecule has 6 heteroatoms. The van der Waals surface area contributed by atoms with E-state index < -0.39 is 0 Å². The van der Waals surface area contributed by atoms with Crippen molar-refractivity contribution in [1.29, 1.82) is 0 Å². The second-order valence-corrected chi connectivity index (χ2v) is 9.11. The maximum atomic E-state index is 12.7. The molecule has 2 aliphatic rings. The Morgan fingerprint density at radius 1 is 0.969 bits per heavy atom. The van der Waals surface area contributed by atoms with Crippen LogP contribution in [0.5, 0.6) is 0 Å². The third-order valence-electron chi connectivity index (χ3n) is 7.07. The molecule has 0 atom stereocenters. The van der Waals surface area contributed by atoms with Gasteiger partial charge >= 0.3 is 0 Å². The van der Waals surface area contributed by atoms with Crippen molar-refractivity contribution in [2.75, 3.05) is 13.1 Å². The van der Waals surface area contributed by atoms with Crippen molar-refractivity contribution < 1.29 is 9.59 Å². The molecule has 1 saturated carbocycles. The normalized spacial score (nSPS) is 17.7. The van der Waals surface area contributed by atoms with Gasteiger partial charge in [0.05, 0.1) is 0 Å². The smallest absolute Gasteiger partial charge is 0.251 e. The van der Waals surface area contributed by atoms with Crippen LogP contribution in [0.2, 0.25) is 0 Å². The van der Waals surface area contributed by atoms with E-state index in [0.29, 0.717) is 23.9 Å². The number of aromatic nitrogens is 2. The Morgan fingerprint density at radius 3 is 2.47 bits per heavy atom. The maximum Gasteiger partial charge on any atom is 0.251 e. The number of rotatable bonds is 5. The fourth-order valence-electron chi connectivity index (χ4n) is 5.12. The quantitative estimate of drug-likeness (QED) is 0.661. The summed E-state index contributed by atoms with van der Waals surface area (Å²) in [6.07, 6.45) is 12.2. The summed E-state index contributed by atoms with van der Waals surface area (Å²) in [6, 6.07) is 11.9. The third-order valence-corrected chi connectivity index (χ3v) is 7.07. The summed E-state index contributed by atoms with van der Waals surface area (Å²) in [5, 5.41) is 3.00. The number of nitrogens with one attached hydrogen (secondary N) is 1. The minimum Gasteiger partial charge on any atom is -0.348 e. The van der Waals surface area contributed by atoms with E-state index in [1.807, 2.05) is 41.1 Å². The molecule has 3 heterocycles. The van der Waals surface area contributed by atoms with Gasteiger partial charge in [-0.1, -0.05) is 25.0 Å². The summed E-state index contributed by atoms with van der Waals surface area (Å²) in [6.45, 7) is 2.17. The van der Waals surface area contributed by atoms with Crippen LogP contribution in [0.1, 0.15) is 65.9 Å². The molecule has 1 aromatic carbocycles. The van der Waals surface area contributed by atoms with Gasteiger partial charge in [0.2, 0.25) is 5.91 Å². The number of amides is 2. The van der Waals surface area contributed by atoms with E-state index in [0.717, 1.165) is 50.0 Å². The number of benzene rings is 1. The number of carbonyl (C=O) groups excluding carboxylic acids is 2. The summed E-state index contributed by atoms with van der Waals surface area (Å²) < 4.78 is 1.94. The predicted molar refractivity (Wildman–Crippen MR) is 123 cm³/mol. The van der Waals surface area contributed by atoms with E-state index in [-0.39, 0.29) is 11.8 Å². The predicted octanol–water partition coefficient (Wildman–Crippen LogP) is 4.16. The van der Waals surface area contributed by atoms with Gasteiger partial charge in [0, 0.05) is 49.7 Å². The van der Waals surface area contributed by atoms with Gasteiger partial charge in [0.15, 0.2) is 0 Å². The second-order valence-electron chi connectivity index (χ2n) is 9.11. The molecule has 2 amide bonds. The molecule has 32 heavy (non-hydrogen) atoms. The van der Waals surface area contributed by atoms with Crippen molar-refractivity contribution in [2.24, 2.45) is 5.92 Å². The van der Waals surface area contributed by atoms with Gasteiger partial charge in [-0.3, -0.25) is 9.59 Å². The number of hydrogen-bond donors (Lipinski definition) is 1. The van der Waals surface area contributed by atoms with Crippen molar-refractivity contribution in [2.45, 2.75) is 51.0 Å². The number of fused-ring (bicyclic) bond motifs is 1. The van der Waals surface area contributed by atoms with Crippen LogP contribution in [0.4, 0.5) is 0 Å². The summed E-state index contributed by atoms with van der Waals surface area (Å²) in [5.74, 6) is 1.03. The Bertz CT molecular complexity index is 1090. The number of pyridine rings is 1. The molecule has 1 N–H and O–H groups in total. The largest absolute Gasteiger partial charge is 0.348 e. The van der Waals surface area contributed by atoms with E-state index in [9.17, 15) is 9.59 Å². The van der Waals surface area contributed by atoms with Crippen molar-refractivity contribution in [3.05, 3.63) is 71.7 Å². The molecule has 166 valence electrons. The van der Waals surface area contributed by atoms with Crippen molar-refractivity contribution in [3.63, 3.8) is 0 Å². The van der Waals surface area contributed by atoms with Crippen LogP contribution in [-0.2, 0) is 11.3 Å². The maximum absolute atomic E-state index is 12.7. The van der Waals surface area contributed by atoms with E-state index in [1.54, 1.807) is 6.20 Å². The number of likely N-dealkylation sites (tertiary alicyclic amines) is 1. The van der Waals surface area contributed by atoms with Crippen molar-refractivity contribution in [1.82, 2.24) is 19.6 Å². The van der Waals surface area contributed by atoms with Crippen LogP contribution in [0.25, 0.3) is 5.65 Å². The molecule has 0 spiro atoms. The standard InChI is InChI=1S/C26H30N4O2/c31-25(28-18-19-9-13-29-16-12-27-24(29)17-19)22-7-5-20(6-8-22)21-10-14-30(15-11-21)26(32)23-3-1-2-4-23/h5-9,12-13,16-17,21,23H,1-4,10-11,14-15,18H2,(H,28,31). The average Bonchev–Trinajstić information content (AvgIpc) is 3.54. The molecule has 0 unspecified atom stereocenters. The minimum atomic E-state index is -0.0725. The van der Waals surface area contributed by atoms with Crippen LogP contribution >= 0.6 is 0 Å². The Hall–Kier alpha value is -3.15. The lowest BCUT2D eigenvalue weighted by Crippen LogP contribution is -2.40. The first kappa shape index (κ1) is 20.7. The zero-order chi connectivity index (χ0) is 21.9. The number of piperidine rings is 1. The molecule has 6 nitrogen and oxygen atoms in total. The molecular formula is C26H30N4O2. The Morgan fingerprint density at radius 2 is 1.72 bits per heavy atom. The fourth-order valence-corrected chi connectivity index (χ4v) is 5.12. The summed E-state index contributed by atoms with van der Waals surface area (Å²) in [4.78, 5) is 31.6. The molecule has 2 aromatic heterocycles. The average molecular weight is 431 g/mol. The summed E-state index contributed by atoms with van der Waals surface area (Å²) >= 11 is 0. The molecule has 3 aromatic rings. The van der Waals surface area contributed by atoms with Gasteiger partial charge in [-0.15, -0.1) is 0 Å². The summed E-state index contributed by atoms with van der Waals surface area (Å²) in [5.41, 5.74) is 3.83. The van der Waals surface area contributed by atoms with Gasteiger partial charge in [-0.05, 0) is 67.0 Å². The van der Waals surface area contributed by atoms with E-state index in [2.05, 4.69) is 27.3 Å². The lowest BCUT2D eigenvalue weighted by atomic mass is 9.88. The minimum absolute atomic E-state index is 0.0725. The van der Waals surface area contributed by atoms with Gasteiger partial charge in [-0.2, -0.15) is 0 Å². The first-order valence-electron chi connectivity index (χ1n) is 11.8. The number of nitrogens with zero attached hydrogens (tertiary/aromatic N) is 3. The number of carbonyl (C=O) groups is 2. The van der Waals surface area contributed by atoms with Crippen LogP contribution in [0.15, 0.2) is 55.0 Å². The molecule has 0 bridgehead atoms. The van der Waals surface area contributed by atoms with Crippen LogP contribution in [-0.4, -0.2) is 39.2 Å². The highest BCUT2D eigenvalue weighted by Gasteiger charge is 2.30. The molecule has 1 aliphatic carbocycles. The molecule has 0 radical (unpaired) electrons. The monoisotopic (exact) mass is 430 g/mol. The van der Waals surface area contributed by atoms with Gasteiger partial charge in [0.25, 0.3) is 5.91 Å². The number of hydrogen-bond acceptors (Lipinski definition) is 3. The van der Waals surface area contributed by atoms with Crippen molar-refractivity contribution >= 4 is 17.5 Å². The van der Waals surface area contributed by atoms with Crippen LogP contribution in [0, 0.1) is 5.92 Å². The van der Waals surface area contributed by atoms with Gasteiger partial charge in [0.1, 0.15) is 5.65 Å². The lowest BCUT2D eigenvalue weighted by Gasteiger charge is -2.34. The van der Waals surface area contributed by atoms with Gasteiger partial charge < -0.3 is 14.6 Å². The van der Waals surface area contributed by atoms with E-state index in [1.165, 1.54) is 18.4 Å². The zero-order valence-electron chi connectivity index (χ0n) is 18.4. The topological polar surface area (TPSA) is 66.7 Å². The highest BCUT2D eigenvalue weighted by atomic mass is 16.2. The summed E-state index contributed by atoms with van der Waals surface area (Å²) in [7, 11) is 0. The first-order valence-corrected chi connectivity index (χ1v) is 11.8. The molecule has 5 rings (SSSR count). The second kappa shape index (κ2) is 9.15. The molecular weight excluding hydrogens is 400 g/mol. The Labute approximate surface area is 188 Å².